The van der Waals surface area contributed by atoms with Crippen LogP contribution in [-0.4, -0.2) is 85.1 Å². The van der Waals surface area contributed by atoms with Crippen LogP contribution in [0.4, 0.5) is 11.5 Å². The van der Waals surface area contributed by atoms with Gasteiger partial charge in [0.1, 0.15) is 5.82 Å². The average Bonchev–Trinajstić information content (AvgIpc) is 3.19. The minimum Gasteiger partial charge on any atom is -0.389 e. The molecular weight excluding hydrogens is 480 g/mol. The lowest BCUT2D eigenvalue weighted by atomic mass is 9.88. The summed E-state index contributed by atoms with van der Waals surface area (Å²) >= 11 is 6.70. The number of aromatic nitrogens is 1. The topological polar surface area (TPSA) is 87.2 Å². The van der Waals surface area contributed by atoms with Crippen molar-refractivity contribution in [2.45, 2.75) is 38.3 Å². The van der Waals surface area contributed by atoms with E-state index in [0.29, 0.717) is 30.0 Å². The fourth-order valence-corrected chi connectivity index (χ4v) is 6.66. The van der Waals surface area contributed by atoms with Crippen LogP contribution in [0.25, 0.3) is 10.8 Å². The summed E-state index contributed by atoms with van der Waals surface area (Å²) in [5.74, 6) is 1.11. The number of ether oxygens (including phenoxy) is 2. The zero-order valence-electron chi connectivity index (χ0n) is 21.0. The van der Waals surface area contributed by atoms with Crippen molar-refractivity contribution in [2.24, 2.45) is 17.3 Å². The van der Waals surface area contributed by atoms with Crippen molar-refractivity contribution < 1.29 is 19.4 Å². The highest BCUT2D eigenvalue weighted by molar-refractivity contribution is 6.34. The number of carbonyl (C=O) groups is 1. The lowest BCUT2D eigenvalue weighted by Crippen LogP contribution is -2.60. The van der Waals surface area contributed by atoms with Gasteiger partial charge in [0.2, 0.25) is 5.91 Å². The van der Waals surface area contributed by atoms with E-state index in [1.54, 1.807) is 6.20 Å². The van der Waals surface area contributed by atoms with Crippen LogP contribution in [0, 0.1) is 17.3 Å². The fourth-order valence-electron chi connectivity index (χ4n) is 6.37. The monoisotopic (exact) mass is 514 g/mol. The van der Waals surface area contributed by atoms with E-state index in [4.69, 9.17) is 21.1 Å². The van der Waals surface area contributed by atoms with Crippen LogP contribution in [0.5, 0.6) is 0 Å². The van der Waals surface area contributed by atoms with Crippen molar-refractivity contribution in [2.75, 3.05) is 62.8 Å². The minimum absolute atomic E-state index is 0.0180. The van der Waals surface area contributed by atoms with Gasteiger partial charge in [-0.05, 0) is 54.7 Å². The normalized spacial score (nSPS) is 34.9. The summed E-state index contributed by atoms with van der Waals surface area (Å²) in [4.78, 5) is 22.1. The van der Waals surface area contributed by atoms with Crippen molar-refractivity contribution in [3.8, 4) is 0 Å². The molecule has 3 aliphatic heterocycles. The van der Waals surface area contributed by atoms with Gasteiger partial charge in [-0.2, -0.15) is 0 Å². The SMILES string of the molecule is CC1(C2CCOC2)CC1C(=O)Nc1cc2cc(N3CCN([C@@]4(C)COC[C@H]4O)CC3)c(Cl)cc2cn1. The lowest BCUT2D eigenvalue weighted by Gasteiger charge is -2.45. The van der Waals surface area contributed by atoms with Crippen molar-refractivity contribution in [3.63, 3.8) is 0 Å². The summed E-state index contributed by atoms with van der Waals surface area (Å²) in [7, 11) is 0. The number of halogens is 1. The molecule has 4 aliphatic rings. The second-order valence-electron chi connectivity index (χ2n) is 11.4. The number of nitrogens with one attached hydrogen (secondary N) is 1. The predicted octanol–water partition coefficient (Wildman–Crippen LogP) is 3.16. The van der Waals surface area contributed by atoms with Gasteiger partial charge in [0.15, 0.2) is 0 Å². The molecule has 2 aromatic rings. The number of carbonyl (C=O) groups excluding carboxylic acids is 1. The molecule has 1 aromatic heterocycles. The molecule has 8 nitrogen and oxygen atoms in total. The molecule has 1 saturated carbocycles. The molecule has 1 aliphatic carbocycles. The van der Waals surface area contributed by atoms with E-state index in [1.165, 1.54) is 0 Å². The summed E-state index contributed by atoms with van der Waals surface area (Å²) in [6.45, 7) is 10.1. The number of anilines is 2. The molecule has 4 fully saturated rings. The van der Waals surface area contributed by atoms with Gasteiger partial charge < -0.3 is 24.8 Å². The molecule has 5 atom stereocenters. The molecule has 0 radical (unpaired) electrons. The third kappa shape index (κ3) is 4.17. The maximum absolute atomic E-state index is 13.0. The number of hydrogen-bond donors (Lipinski definition) is 2. The zero-order valence-corrected chi connectivity index (χ0v) is 21.8. The van der Waals surface area contributed by atoms with E-state index >= 15 is 0 Å². The fraction of sp³-hybridized carbons (Fsp3) is 0.630. The van der Waals surface area contributed by atoms with E-state index in [1.807, 2.05) is 12.1 Å². The summed E-state index contributed by atoms with van der Waals surface area (Å²) in [5.41, 5.74) is 0.690. The van der Waals surface area contributed by atoms with E-state index in [-0.39, 0.29) is 22.8 Å². The first-order valence-electron chi connectivity index (χ1n) is 13.0. The molecule has 0 bridgehead atoms. The number of fused-ring (bicyclic) bond motifs is 1. The van der Waals surface area contributed by atoms with E-state index in [0.717, 1.165) is 68.7 Å². The second-order valence-corrected chi connectivity index (χ2v) is 11.8. The van der Waals surface area contributed by atoms with Gasteiger partial charge >= 0.3 is 0 Å². The van der Waals surface area contributed by atoms with Crippen LogP contribution >= 0.6 is 11.6 Å². The molecule has 1 amide bonds. The number of benzene rings is 1. The van der Waals surface area contributed by atoms with E-state index < -0.39 is 6.10 Å². The van der Waals surface area contributed by atoms with Crippen LogP contribution < -0.4 is 10.2 Å². The van der Waals surface area contributed by atoms with Crippen LogP contribution in [0.1, 0.15) is 26.7 Å². The third-order valence-electron chi connectivity index (χ3n) is 9.23. The summed E-state index contributed by atoms with van der Waals surface area (Å²) in [6.07, 6.45) is 3.26. The Hall–Kier alpha value is -1.97. The number of pyridine rings is 1. The minimum atomic E-state index is -0.463. The Morgan fingerprint density at radius 1 is 1.14 bits per heavy atom. The van der Waals surface area contributed by atoms with Crippen LogP contribution in [-0.2, 0) is 14.3 Å². The van der Waals surface area contributed by atoms with Crippen LogP contribution in [0.2, 0.25) is 5.02 Å². The van der Waals surface area contributed by atoms with Gasteiger partial charge in [-0.25, -0.2) is 4.98 Å². The number of amides is 1. The number of hydrogen-bond acceptors (Lipinski definition) is 7. The lowest BCUT2D eigenvalue weighted by molar-refractivity contribution is -0.118. The zero-order chi connectivity index (χ0) is 25.1. The summed E-state index contributed by atoms with van der Waals surface area (Å²) in [6, 6.07) is 5.98. The van der Waals surface area contributed by atoms with Crippen LogP contribution in [0.3, 0.4) is 0 Å². The first kappa shape index (κ1) is 24.4. The molecule has 3 saturated heterocycles. The molecule has 9 heteroatoms. The maximum Gasteiger partial charge on any atom is 0.229 e. The molecule has 6 rings (SSSR count). The highest BCUT2D eigenvalue weighted by Gasteiger charge is 2.59. The predicted molar refractivity (Wildman–Crippen MR) is 140 cm³/mol. The quantitative estimate of drug-likeness (QED) is 0.633. The van der Waals surface area contributed by atoms with E-state index in [2.05, 4.69) is 40.0 Å². The van der Waals surface area contributed by atoms with Gasteiger partial charge in [-0.1, -0.05) is 18.5 Å². The number of aliphatic hydroxyl groups excluding tert-OH is 1. The molecule has 3 unspecified atom stereocenters. The Morgan fingerprint density at radius 2 is 1.94 bits per heavy atom. The maximum atomic E-state index is 13.0. The van der Waals surface area contributed by atoms with Crippen molar-refractivity contribution in [3.05, 3.63) is 29.4 Å². The molecule has 194 valence electrons. The molecule has 1 aromatic carbocycles. The van der Waals surface area contributed by atoms with Gasteiger partial charge in [0.25, 0.3) is 0 Å². The number of nitrogens with zero attached hydrogens (tertiary/aromatic N) is 3. The second kappa shape index (κ2) is 9.10. The molecule has 0 spiro atoms. The van der Waals surface area contributed by atoms with Crippen molar-refractivity contribution >= 4 is 39.8 Å². The van der Waals surface area contributed by atoms with Gasteiger partial charge in [0.05, 0.1) is 42.2 Å². The number of rotatable bonds is 5. The highest BCUT2D eigenvalue weighted by atomic mass is 35.5. The number of aliphatic hydroxyl groups is 1. The van der Waals surface area contributed by atoms with Crippen molar-refractivity contribution in [1.29, 1.82) is 0 Å². The van der Waals surface area contributed by atoms with Crippen molar-refractivity contribution in [1.82, 2.24) is 9.88 Å². The Balaban J connectivity index is 1.15. The van der Waals surface area contributed by atoms with Gasteiger partial charge in [-0.15, -0.1) is 0 Å². The largest absolute Gasteiger partial charge is 0.389 e. The molecule has 2 N–H and O–H groups in total. The molecular formula is C27H35ClN4O4. The first-order valence-corrected chi connectivity index (χ1v) is 13.4. The van der Waals surface area contributed by atoms with Gasteiger partial charge in [-0.3, -0.25) is 9.69 Å². The Bertz CT molecular complexity index is 1170. The summed E-state index contributed by atoms with van der Waals surface area (Å²) in [5, 5.41) is 16.1. The Labute approximate surface area is 216 Å². The van der Waals surface area contributed by atoms with E-state index in [9.17, 15) is 9.90 Å². The van der Waals surface area contributed by atoms with Crippen LogP contribution in [0.15, 0.2) is 24.4 Å². The molecule has 36 heavy (non-hydrogen) atoms. The average molecular weight is 515 g/mol. The standard InChI is InChI=1S/C27H35ClN4O4/c1-26(19-3-8-35-14-19)12-20(26)25(34)30-24-11-17-10-22(21(28)9-18(17)13-29-24)31-4-6-32(7-5-31)27(2)16-36-15-23(27)33/h9-11,13,19-20,23,33H,3-8,12,14-16H2,1-2H3,(H,29,30,34)/t19?,20?,23-,26?,27+/m1/s1. The highest BCUT2D eigenvalue weighted by Crippen LogP contribution is 2.59. The Morgan fingerprint density at radius 3 is 2.64 bits per heavy atom. The Kier molecular flexibility index (Phi) is 6.16. The summed E-state index contributed by atoms with van der Waals surface area (Å²) < 4.78 is 11.1. The van der Waals surface area contributed by atoms with Gasteiger partial charge in [0, 0.05) is 50.3 Å². The third-order valence-corrected chi connectivity index (χ3v) is 9.53. The molecule has 4 heterocycles. The smallest absolute Gasteiger partial charge is 0.229 e. The number of piperazine rings is 1. The first-order chi connectivity index (χ1) is 17.3.